The summed E-state index contributed by atoms with van der Waals surface area (Å²) in [6.45, 7) is 0. The zero-order valence-electron chi connectivity index (χ0n) is 9.94. The van der Waals surface area contributed by atoms with E-state index in [1.165, 1.54) is 17.6 Å². The lowest BCUT2D eigenvalue weighted by Crippen LogP contribution is -2.58. The second kappa shape index (κ2) is 4.62. The Kier molecular flexibility index (Phi) is 3.07. The normalized spacial score (nSPS) is 45.3. The molecule has 0 aliphatic carbocycles. The van der Waals surface area contributed by atoms with Gasteiger partial charge in [-0.05, 0) is 0 Å². The standard InChI is InChI=1S/C10H15N5O4/c11-8-6-9(13-2-12-8)15(3-14-6)10-7(18)4(16)1-5(17)19-10/h2-8,10,16-18H,1,11H2. The third-order valence-corrected chi connectivity index (χ3v) is 3.33. The molecule has 1 fully saturated rings. The number of fused-ring (bicyclic) bond motifs is 1. The Bertz CT molecular complexity index is 453. The first-order valence-corrected chi connectivity index (χ1v) is 5.94. The van der Waals surface area contributed by atoms with Crippen molar-refractivity contribution in [1.29, 1.82) is 0 Å². The summed E-state index contributed by atoms with van der Waals surface area (Å²) in [7, 11) is 0. The molecule has 0 amide bonds. The minimum atomic E-state index is -1.17. The van der Waals surface area contributed by atoms with Crippen molar-refractivity contribution in [3.05, 3.63) is 0 Å². The number of aliphatic hydroxyl groups is 3. The van der Waals surface area contributed by atoms with Gasteiger partial charge in [-0.2, -0.15) is 0 Å². The Morgan fingerprint density at radius 3 is 2.89 bits per heavy atom. The smallest absolute Gasteiger partial charge is 0.167 e. The third-order valence-electron chi connectivity index (χ3n) is 3.33. The van der Waals surface area contributed by atoms with Crippen LogP contribution in [0, 0.1) is 0 Å². The predicted molar refractivity (Wildman–Crippen MR) is 65.5 cm³/mol. The number of rotatable bonds is 1. The minimum Gasteiger partial charge on any atom is -0.390 e. The molecule has 3 aliphatic rings. The van der Waals surface area contributed by atoms with E-state index in [0.29, 0.717) is 5.84 Å². The molecule has 19 heavy (non-hydrogen) atoms. The highest BCUT2D eigenvalue weighted by atomic mass is 16.6. The molecule has 0 aromatic rings. The van der Waals surface area contributed by atoms with E-state index in [0.717, 1.165) is 0 Å². The second-order valence-electron chi connectivity index (χ2n) is 4.63. The van der Waals surface area contributed by atoms with Crippen LogP contribution in [0.15, 0.2) is 15.0 Å². The van der Waals surface area contributed by atoms with Gasteiger partial charge in [-0.1, -0.05) is 0 Å². The van der Waals surface area contributed by atoms with E-state index in [1.807, 2.05) is 0 Å². The van der Waals surface area contributed by atoms with E-state index in [1.54, 1.807) is 0 Å². The van der Waals surface area contributed by atoms with Gasteiger partial charge in [0.2, 0.25) is 0 Å². The molecule has 5 N–H and O–H groups in total. The molecule has 3 heterocycles. The fourth-order valence-electron chi connectivity index (χ4n) is 2.32. The zero-order valence-corrected chi connectivity index (χ0v) is 9.94. The molecule has 0 spiro atoms. The van der Waals surface area contributed by atoms with Crippen LogP contribution in [-0.4, -0.2) is 75.7 Å². The fourth-order valence-corrected chi connectivity index (χ4v) is 2.32. The Morgan fingerprint density at radius 2 is 2.11 bits per heavy atom. The van der Waals surface area contributed by atoms with E-state index in [-0.39, 0.29) is 6.42 Å². The number of aliphatic hydroxyl groups excluding tert-OH is 3. The number of ether oxygens (including phenoxy) is 1. The molecule has 0 radical (unpaired) electrons. The predicted octanol–water partition coefficient (Wildman–Crippen LogP) is -2.79. The molecular formula is C10H15N5O4. The van der Waals surface area contributed by atoms with Crippen molar-refractivity contribution in [1.82, 2.24) is 4.90 Å². The lowest BCUT2D eigenvalue weighted by atomic mass is 10.0. The van der Waals surface area contributed by atoms with Crippen LogP contribution < -0.4 is 5.73 Å². The van der Waals surface area contributed by atoms with Crippen LogP contribution in [0.2, 0.25) is 0 Å². The average molecular weight is 269 g/mol. The largest absolute Gasteiger partial charge is 0.390 e. The van der Waals surface area contributed by atoms with Crippen LogP contribution in [0.4, 0.5) is 0 Å². The van der Waals surface area contributed by atoms with E-state index in [9.17, 15) is 15.3 Å². The average Bonchev–Trinajstić information content (AvgIpc) is 2.79. The summed E-state index contributed by atoms with van der Waals surface area (Å²) in [6.07, 6.45) is -2.19. The summed E-state index contributed by atoms with van der Waals surface area (Å²) >= 11 is 0. The summed E-state index contributed by atoms with van der Waals surface area (Å²) in [6, 6.07) is -0.433. The zero-order chi connectivity index (χ0) is 13.6. The molecule has 6 unspecified atom stereocenters. The van der Waals surface area contributed by atoms with Gasteiger partial charge in [0.1, 0.15) is 30.5 Å². The van der Waals surface area contributed by atoms with Crippen molar-refractivity contribution >= 4 is 18.5 Å². The second-order valence-corrected chi connectivity index (χ2v) is 4.63. The fraction of sp³-hybridized carbons (Fsp3) is 0.700. The highest BCUT2D eigenvalue weighted by Gasteiger charge is 2.44. The lowest BCUT2D eigenvalue weighted by Gasteiger charge is -2.39. The van der Waals surface area contributed by atoms with Gasteiger partial charge in [-0.3, -0.25) is 14.9 Å². The number of nitrogens with zero attached hydrogens (tertiary/aromatic N) is 4. The molecule has 0 aromatic carbocycles. The Balaban J connectivity index is 1.84. The number of aliphatic imine (C=N–C) groups is 3. The molecule has 104 valence electrons. The van der Waals surface area contributed by atoms with Crippen LogP contribution in [0.5, 0.6) is 0 Å². The van der Waals surface area contributed by atoms with E-state index in [4.69, 9.17) is 10.5 Å². The van der Waals surface area contributed by atoms with Crippen molar-refractivity contribution in [2.45, 2.75) is 43.4 Å². The lowest BCUT2D eigenvalue weighted by molar-refractivity contribution is -0.251. The first-order valence-electron chi connectivity index (χ1n) is 5.94. The Hall–Kier alpha value is -1.39. The topological polar surface area (TPSA) is 136 Å². The Labute approximate surface area is 108 Å². The van der Waals surface area contributed by atoms with Crippen LogP contribution in [0.1, 0.15) is 6.42 Å². The highest BCUT2D eigenvalue weighted by molar-refractivity contribution is 6.05. The molecule has 6 atom stereocenters. The number of hydrogen-bond donors (Lipinski definition) is 4. The van der Waals surface area contributed by atoms with Gasteiger partial charge in [-0.15, -0.1) is 0 Å². The first kappa shape index (κ1) is 12.6. The maximum Gasteiger partial charge on any atom is 0.167 e. The summed E-state index contributed by atoms with van der Waals surface area (Å²) in [4.78, 5) is 13.6. The van der Waals surface area contributed by atoms with Crippen molar-refractivity contribution in [3.8, 4) is 0 Å². The minimum absolute atomic E-state index is 0.0421. The maximum absolute atomic E-state index is 9.96. The maximum atomic E-state index is 9.96. The van der Waals surface area contributed by atoms with Crippen molar-refractivity contribution in [2.75, 3.05) is 0 Å². The summed E-state index contributed by atoms with van der Waals surface area (Å²) in [5.74, 6) is 0.479. The number of nitrogens with two attached hydrogens (primary N) is 1. The summed E-state index contributed by atoms with van der Waals surface area (Å²) in [5, 5.41) is 29.2. The van der Waals surface area contributed by atoms with Crippen molar-refractivity contribution in [2.24, 2.45) is 20.7 Å². The van der Waals surface area contributed by atoms with Crippen molar-refractivity contribution in [3.63, 3.8) is 0 Å². The highest BCUT2D eigenvalue weighted by Crippen LogP contribution is 2.25. The van der Waals surface area contributed by atoms with Gasteiger partial charge in [0.15, 0.2) is 12.5 Å². The van der Waals surface area contributed by atoms with E-state index in [2.05, 4.69) is 15.0 Å². The van der Waals surface area contributed by atoms with Crippen LogP contribution in [0.3, 0.4) is 0 Å². The number of hydrogen-bond acceptors (Lipinski definition) is 9. The van der Waals surface area contributed by atoms with Crippen molar-refractivity contribution < 1.29 is 20.1 Å². The molecule has 9 heteroatoms. The monoisotopic (exact) mass is 269 g/mol. The van der Waals surface area contributed by atoms with Gasteiger partial charge in [0.05, 0.1) is 12.4 Å². The molecule has 0 bridgehead atoms. The quantitative estimate of drug-likeness (QED) is 0.406. The van der Waals surface area contributed by atoms with Gasteiger partial charge < -0.3 is 25.8 Å². The molecule has 9 nitrogen and oxygen atoms in total. The van der Waals surface area contributed by atoms with E-state index >= 15 is 0 Å². The van der Waals surface area contributed by atoms with Crippen LogP contribution >= 0.6 is 0 Å². The Morgan fingerprint density at radius 1 is 1.32 bits per heavy atom. The molecular weight excluding hydrogens is 254 g/mol. The summed E-state index contributed by atoms with van der Waals surface area (Å²) < 4.78 is 5.25. The van der Waals surface area contributed by atoms with Gasteiger partial charge in [0, 0.05) is 6.42 Å². The SMILES string of the molecule is NC1N=CN=C2C1N=CN2C1OC(O)CC(O)C1O. The molecule has 3 aliphatic heterocycles. The molecule has 3 rings (SSSR count). The summed E-state index contributed by atoms with van der Waals surface area (Å²) in [5.41, 5.74) is 5.78. The van der Waals surface area contributed by atoms with Gasteiger partial charge in [0.25, 0.3) is 0 Å². The van der Waals surface area contributed by atoms with Crippen LogP contribution in [-0.2, 0) is 4.74 Å². The molecule has 0 aromatic heterocycles. The molecule has 0 saturated carbocycles. The third kappa shape index (κ3) is 2.05. The van der Waals surface area contributed by atoms with Gasteiger partial charge in [-0.25, -0.2) is 4.99 Å². The van der Waals surface area contributed by atoms with E-state index < -0.39 is 36.9 Å². The first-order chi connectivity index (χ1) is 9.08. The molecule has 1 saturated heterocycles. The van der Waals surface area contributed by atoms with Crippen LogP contribution in [0.25, 0.3) is 0 Å². The number of amidine groups is 1. The van der Waals surface area contributed by atoms with Gasteiger partial charge >= 0.3 is 0 Å².